The molecule has 4 heteroatoms. The van der Waals surface area contributed by atoms with Gasteiger partial charge >= 0.3 is 0 Å². The van der Waals surface area contributed by atoms with Crippen molar-refractivity contribution in [2.45, 2.75) is 51.4 Å². The molecule has 4 rings (SSSR count). The average Bonchev–Trinajstić information content (AvgIpc) is 3.29. The number of nitrogens with one attached hydrogen (secondary N) is 1. The Labute approximate surface area is 170 Å². The van der Waals surface area contributed by atoms with Crippen LogP contribution in [0.15, 0.2) is 30.3 Å². The van der Waals surface area contributed by atoms with E-state index in [9.17, 15) is 4.79 Å². The predicted octanol–water partition coefficient (Wildman–Crippen LogP) is 4.31. The number of amides is 1. The second-order valence-electron chi connectivity index (χ2n) is 9.03. The predicted molar refractivity (Wildman–Crippen MR) is 113 cm³/mol. The van der Waals surface area contributed by atoms with Crippen LogP contribution < -0.4 is 5.32 Å². The highest BCUT2D eigenvalue weighted by atomic mass is 35.5. The van der Waals surface area contributed by atoms with Crippen LogP contribution in [-0.4, -0.2) is 37.5 Å². The summed E-state index contributed by atoms with van der Waals surface area (Å²) in [4.78, 5) is 16.0. The van der Waals surface area contributed by atoms with Crippen LogP contribution in [0, 0.1) is 23.2 Å². The van der Waals surface area contributed by atoms with E-state index in [1.807, 2.05) is 7.05 Å². The largest absolute Gasteiger partial charge is 0.342 e. The van der Waals surface area contributed by atoms with Gasteiger partial charge in [0.05, 0.1) is 5.41 Å². The second kappa shape index (κ2) is 8.96. The molecule has 1 saturated heterocycles. The first-order valence-corrected chi connectivity index (χ1v) is 10.7. The van der Waals surface area contributed by atoms with Gasteiger partial charge in [0.1, 0.15) is 0 Å². The number of fused-ring (bicyclic) bond motifs is 2. The Morgan fingerprint density at radius 3 is 2.48 bits per heavy atom. The van der Waals surface area contributed by atoms with Crippen molar-refractivity contribution in [1.29, 1.82) is 0 Å². The molecule has 3 nitrogen and oxygen atoms in total. The van der Waals surface area contributed by atoms with Crippen molar-refractivity contribution in [1.82, 2.24) is 10.2 Å². The highest BCUT2D eigenvalue weighted by molar-refractivity contribution is 5.85. The number of hydrogen-bond acceptors (Lipinski definition) is 2. The molecule has 2 saturated carbocycles. The van der Waals surface area contributed by atoms with E-state index in [4.69, 9.17) is 0 Å². The molecule has 0 spiro atoms. The van der Waals surface area contributed by atoms with E-state index in [1.54, 1.807) is 0 Å². The third kappa shape index (κ3) is 4.19. The number of hydrogen-bond donors (Lipinski definition) is 1. The van der Waals surface area contributed by atoms with Crippen LogP contribution in [-0.2, 0) is 11.2 Å². The third-order valence-corrected chi connectivity index (χ3v) is 7.47. The van der Waals surface area contributed by atoms with Gasteiger partial charge in [0.25, 0.3) is 0 Å². The molecule has 1 aliphatic heterocycles. The van der Waals surface area contributed by atoms with Gasteiger partial charge in [-0.15, -0.1) is 12.4 Å². The summed E-state index contributed by atoms with van der Waals surface area (Å²) in [5, 5.41) is 3.26. The van der Waals surface area contributed by atoms with E-state index in [0.717, 1.165) is 44.3 Å². The van der Waals surface area contributed by atoms with E-state index >= 15 is 0 Å². The molecule has 1 aromatic carbocycles. The summed E-state index contributed by atoms with van der Waals surface area (Å²) in [6.45, 7) is 3.04. The Bertz CT molecular complexity index is 614. The Balaban J connectivity index is 0.00000210. The lowest BCUT2D eigenvalue weighted by molar-refractivity contribution is -0.147. The molecule has 2 bridgehead atoms. The molecular formula is C23H35ClN2O. The lowest BCUT2D eigenvalue weighted by Crippen LogP contribution is -2.50. The van der Waals surface area contributed by atoms with Crippen LogP contribution in [0.5, 0.6) is 0 Å². The minimum atomic E-state index is -0.109. The van der Waals surface area contributed by atoms with E-state index in [-0.39, 0.29) is 17.8 Å². The summed E-state index contributed by atoms with van der Waals surface area (Å²) in [6.07, 6.45) is 9.60. The zero-order chi connectivity index (χ0) is 18.0. The van der Waals surface area contributed by atoms with Gasteiger partial charge in [0, 0.05) is 13.1 Å². The minimum Gasteiger partial charge on any atom is -0.342 e. The molecule has 3 aliphatic rings. The fraction of sp³-hybridized carbons (Fsp3) is 0.696. The van der Waals surface area contributed by atoms with Gasteiger partial charge in [-0.1, -0.05) is 36.8 Å². The van der Waals surface area contributed by atoms with E-state index < -0.39 is 0 Å². The average molecular weight is 391 g/mol. The minimum absolute atomic E-state index is 0. The van der Waals surface area contributed by atoms with Crippen molar-refractivity contribution >= 4 is 18.3 Å². The van der Waals surface area contributed by atoms with E-state index in [0.29, 0.717) is 11.8 Å². The monoisotopic (exact) mass is 390 g/mol. The lowest BCUT2D eigenvalue weighted by Gasteiger charge is -2.43. The lowest BCUT2D eigenvalue weighted by atomic mass is 9.68. The molecule has 150 valence electrons. The first-order valence-electron chi connectivity index (χ1n) is 10.7. The maximum absolute atomic E-state index is 13.8. The van der Waals surface area contributed by atoms with Crippen LogP contribution in [0.4, 0.5) is 0 Å². The molecule has 1 heterocycles. The first kappa shape index (κ1) is 20.7. The van der Waals surface area contributed by atoms with Crippen LogP contribution in [0.1, 0.15) is 50.5 Å². The Morgan fingerprint density at radius 2 is 1.89 bits per heavy atom. The SMILES string of the molecule is CNCCC1CCN(C(=O)C2(Cc3ccccc3)CC3CCC2C3)CC1.Cl. The maximum Gasteiger partial charge on any atom is 0.229 e. The standard InChI is InChI=1S/C23H34N2O.ClH/c1-24-12-9-18-10-13-25(14-11-18)22(26)23(16-19-5-3-2-4-6-19)17-20-7-8-21(23)15-20;/h2-6,18,20-21,24H,7-17H2,1H3;1H. The molecule has 1 aromatic rings. The number of rotatable bonds is 6. The second-order valence-corrected chi connectivity index (χ2v) is 9.03. The first-order chi connectivity index (χ1) is 12.7. The molecule has 0 aromatic heterocycles. The van der Waals surface area contributed by atoms with Crippen LogP contribution in [0.2, 0.25) is 0 Å². The Morgan fingerprint density at radius 1 is 1.15 bits per heavy atom. The molecule has 3 unspecified atom stereocenters. The summed E-state index contributed by atoms with van der Waals surface area (Å²) in [6, 6.07) is 10.7. The van der Waals surface area contributed by atoms with Gasteiger partial charge in [-0.05, 0) is 81.9 Å². The van der Waals surface area contributed by atoms with Gasteiger partial charge in [-0.25, -0.2) is 0 Å². The number of piperidine rings is 1. The van der Waals surface area contributed by atoms with Crippen molar-refractivity contribution in [2.75, 3.05) is 26.7 Å². The quantitative estimate of drug-likeness (QED) is 0.785. The summed E-state index contributed by atoms with van der Waals surface area (Å²) in [5.74, 6) is 2.68. The van der Waals surface area contributed by atoms with Gasteiger partial charge in [-0.3, -0.25) is 4.79 Å². The number of carbonyl (C=O) groups excluding carboxylic acids is 1. The molecule has 1 amide bonds. The molecule has 1 N–H and O–H groups in total. The van der Waals surface area contributed by atoms with Crippen LogP contribution >= 0.6 is 12.4 Å². The number of benzene rings is 1. The zero-order valence-corrected chi connectivity index (χ0v) is 17.5. The topological polar surface area (TPSA) is 32.3 Å². The molecule has 2 aliphatic carbocycles. The normalized spacial score (nSPS) is 30.3. The highest BCUT2D eigenvalue weighted by Gasteiger charge is 2.56. The van der Waals surface area contributed by atoms with Crippen molar-refractivity contribution in [3.63, 3.8) is 0 Å². The molecular weight excluding hydrogens is 356 g/mol. The fourth-order valence-electron chi connectivity index (χ4n) is 6.05. The summed E-state index contributed by atoms with van der Waals surface area (Å²) < 4.78 is 0. The summed E-state index contributed by atoms with van der Waals surface area (Å²) >= 11 is 0. The number of nitrogens with zero attached hydrogens (tertiary/aromatic N) is 1. The molecule has 3 fully saturated rings. The third-order valence-electron chi connectivity index (χ3n) is 7.47. The van der Waals surface area contributed by atoms with Crippen LogP contribution in [0.3, 0.4) is 0 Å². The summed E-state index contributed by atoms with van der Waals surface area (Å²) in [7, 11) is 2.03. The van der Waals surface area contributed by atoms with Crippen molar-refractivity contribution < 1.29 is 4.79 Å². The van der Waals surface area contributed by atoms with Crippen molar-refractivity contribution in [3.05, 3.63) is 35.9 Å². The Hall–Kier alpha value is -1.06. The highest BCUT2D eigenvalue weighted by Crippen LogP contribution is 2.58. The number of carbonyl (C=O) groups is 1. The maximum atomic E-state index is 13.8. The van der Waals surface area contributed by atoms with Crippen LogP contribution in [0.25, 0.3) is 0 Å². The van der Waals surface area contributed by atoms with Gasteiger partial charge in [0.15, 0.2) is 0 Å². The zero-order valence-electron chi connectivity index (χ0n) is 16.7. The number of likely N-dealkylation sites (tertiary alicyclic amines) is 1. The van der Waals surface area contributed by atoms with Crippen molar-refractivity contribution in [3.8, 4) is 0 Å². The van der Waals surface area contributed by atoms with Gasteiger partial charge < -0.3 is 10.2 Å². The Kier molecular flexibility index (Phi) is 6.86. The van der Waals surface area contributed by atoms with Gasteiger partial charge in [-0.2, -0.15) is 0 Å². The molecule has 0 radical (unpaired) electrons. The smallest absolute Gasteiger partial charge is 0.229 e. The van der Waals surface area contributed by atoms with E-state index in [1.165, 1.54) is 44.1 Å². The van der Waals surface area contributed by atoms with Gasteiger partial charge in [0.2, 0.25) is 5.91 Å². The molecule has 3 atom stereocenters. The summed E-state index contributed by atoms with van der Waals surface area (Å²) in [5.41, 5.74) is 1.24. The molecule has 27 heavy (non-hydrogen) atoms. The van der Waals surface area contributed by atoms with Crippen molar-refractivity contribution in [2.24, 2.45) is 23.2 Å². The fourth-order valence-corrected chi connectivity index (χ4v) is 6.05. The number of halogens is 1. The van der Waals surface area contributed by atoms with E-state index in [2.05, 4.69) is 40.5 Å².